The number of para-hydroxylation sites is 1. The molecule has 12 nitrogen and oxygen atoms in total. The third-order valence-corrected chi connectivity index (χ3v) is 6.90. The van der Waals surface area contributed by atoms with Gasteiger partial charge in [-0.15, -0.1) is 0 Å². The Morgan fingerprint density at radius 2 is 1.26 bits per heavy atom. The summed E-state index contributed by atoms with van der Waals surface area (Å²) in [6, 6.07) is 15.2. The molecule has 5 rings (SSSR count). The van der Waals surface area contributed by atoms with E-state index in [1.165, 1.54) is 29.1 Å². The molecular weight excluding hydrogens is 536 g/mol. The van der Waals surface area contributed by atoms with Crippen molar-refractivity contribution in [2.45, 2.75) is 12.8 Å². The maximum absolute atomic E-state index is 11.3. The van der Waals surface area contributed by atoms with E-state index in [-0.39, 0.29) is 17.1 Å². The Labute approximate surface area is 243 Å². The number of benzene rings is 3. The van der Waals surface area contributed by atoms with Crippen LogP contribution in [0.1, 0.15) is 11.1 Å². The Hall–Kier alpha value is -4.94. The summed E-state index contributed by atoms with van der Waals surface area (Å²) in [5.74, 6) is 0. The molecule has 0 spiro atoms. The Kier molecular flexibility index (Phi) is 9.40. The molecule has 0 aliphatic rings. The summed E-state index contributed by atoms with van der Waals surface area (Å²) in [5, 5.41) is 27.7. The van der Waals surface area contributed by atoms with Gasteiger partial charge >= 0.3 is 0 Å². The van der Waals surface area contributed by atoms with Crippen molar-refractivity contribution >= 4 is 50.2 Å². The number of nitro groups is 2. The minimum absolute atomic E-state index is 0.128. The van der Waals surface area contributed by atoms with Gasteiger partial charge in [0.25, 0.3) is 11.4 Å². The number of fused-ring (bicyclic) bond motifs is 2. The third-order valence-electron chi connectivity index (χ3n) is 6.90. The topological polar surface area (TPSA) is 162 Å². The van der Waals surface area contributed by atoms with E-state index < -0.39 is 9.85 Å². The number of nitro benzene ring substituents is 2. The van der Waals surface area contributed by atoms with E-state index in [9.17, 15) is 20.2 Å². The lowest BCUT2D eigenvalue weighted by molar-refractivity contribution is -0.392. The summed E-state index contributed by atoms with van der Waals surface area (Å²) in [6.07, 6.45) is 5.90. The second kappa shape index (κ2) is 13.1. The van der Waals surface area contributed by atoms with Crippen molar-refractivity contribution in [3.05, 3.63) is 98.3 Å². The van der Waals surface area contributed by atoms with Crippen molar-refractivity contribution in [3.63, 3.8) is 0 Å². The molecule has 0 bridgehead atoms. The molecule has 2 heterocycles. The fraction of sp³-hybridized carbons (Fsp3) is 0.267. The van der Waals surface area contributed by atoms with Crippen LogP contribution in [0.4, 0.5) is 28.4 Å². The number of rotatable bonds is 10. The van der Waals surface area contributed by atoms with Crippen LogP contribution in [-0.4, -0.2) is 70.9 Å². The molecule has 0 unspecified atom stereocenters. The van der Waals surface area contributed by atoms with Crippen LogP contribution in [0.15, 0.2) is 67.0 Å². The van der Waals surface area contributed by atoms with Crippen molar-refractivity contribution in [3.8, 4) is 0 Å². The maximum atomic E-state index is 11.3. The lowest BCUT2D eigenvalue weighted by Crippen LogP contribution is -2.14. The SMILES string of the molecule is CN(C)CCc1c[nH]c2ccc(N)cc12.CN(C)CCc1c[nH]c2ccc(Nc3c([N+](=O)[O-])cccc3[N+](=O)[O-])cc12. The van der Waals surface area contributed by atoms with Crippen LogP contribution in [0.25, 0.3) is 21.8 Å². The van der Waals surface area contributed by atoms with Gasteiger partial charge in [0.05, 0.1) is 9.85 Å². The van der Waals surface area contributed by atoms with Crippen LogP contribution in [-0.2, 0) is 12.8 Å². The average Bonchev–Trinajstić information content (AvgIpc) is 3.54. The number of nitrogen functional groups attached to an aromatic ring is 1. The zero-order chi connectivity index (χ0) is 30.4. The van der Waals surface area contributed by atoms with Crippen molar-refractivity contribution in [1.29, 1.82) is 0 Å². The molecule has 0 fully saturated rings. The molecule has 3 aromatic carbocycles. The molecule has 12 heteroatoms. The fourth-order valence-electron chi connectivity index (χ4n) is 4.66. The zero-order valence-corrected chi connectivity index (χ0v) is 24.2. The summed E-state index contributed by atoms with van der Waals surface area (Å²) in [6.45, 7) is 1.93. The first-order valence-electron chi connectivity index (χ1n) is 13.5. The summed E-state index contributed by atoms with van der Waals surface area (Å²) in [7, 11) is 8.16. The standard InChI is InChI=1S/C18H19N5O4.C12H17N3/c1-21(2)9-8-12-11-19-15-7-6-13(10-14(12)15)20-18-16(22(24)25)4-3-5-17(18)23(26)27;1-15(2)6-5-9-8-14-12-4-3-10(13)7-11(9)12/h3-7,10-11,19-20H,8-9H2,1-2H3;3-4,7-8,14H,5-6,13H2,1-2H3. The minimum atomic E-state index is -0.632. The highest BCUT2D eigenvalue weighted by Crippen LogP contribution is 2.37. The van der Waals surface area contributed by atoms with Gasteiger partial charge < -0.3 is 30.8 Å². The van der Waals surface area contributed by atoms with Crippen LogP contribution in [0.2, 0.25) is 0 Å². The van der Waals surface area contributed by atoms with E-state index in [0.717, 1.165) is 53.6 Å². The lowest BCUT2D eigenvalue weighted by Gasteiger charge is -2.10. The fourth-order valence-corrected chi connectivity index (χ4v) is 4.66. The van der Waals surface area contributed by atoms with Crippen LogP contribution in [0, 0.1) is 20.2 Å². The van der Waals surface area contributed by atoms with Crippen molar-refractivity contribution in [2.24, 2.45) is 0 Å². The van der Waals surface area contributed by atoms with Crippen LogP contribution >= 0.6 is 0 Å². The van der Waals surface area contributed by atoms with E-state index in [0.29, 0.717) is 5.69 Å². The van der Waals surface area contributed by atoms with E-state index in [1.807, 2.05) is 50.6 Å². The molecule has 220 valence electrons. The monoisotopic (exact) mass is 572 g/mol. The Morgan fingerprint density at radius 3 is 1.76 bits per heavy atom. The molecule has 0 aliphatic carbocycles. The molecule has 0 aliphatic heterocycles. The molecule has 2 aromatic heterocycles. The normalized spacial score (nSPS) is 11.2. The Morgan fingerprint density at radius 1 is 0.762 bits per heavy atom. The molecule has 0 saturated carbocycles. The highest BCUT2D eigenvalue weighted by atomic mass is 16.6. The first-order valence-corrected chi connectivity index (χ1v) is 13.5. The van der Waals surface area contributed by atoms with Gasteiger partial charge in [0.15, 0.2) is 5.69 Å². The smallest absolute Gasteiger partial charge is 0.299 e. The number of hydrogen-bond donors (Lipinski definition) is 4. The largest absolute Gasteiger partial charge is 0.399 e. The number of anilines is 3. The number of aromatic amines is 2. The predicted molar refractivity (Wildman–Crippen MR) is 169 cm³/mol. The van der Waals surface area contributed by atoms with Crippen LogP contribution in [0.5, 0.6) is 0 Å². The quantitative estimate of drug-likeness (QED) is 0.0943. The molecular formula is C30H36N8O4. The first kappa shape index (κ1) is 30.0. The summed E-state index contributed by atoms with van der Waals surface area (Å²) in [5.41, 5.74) is 10.9. The molecule has 0 radical (unpaired) electrons. The molecule has 0 amide bonds. The minimum Gasteiger partial charge on any atom is -0.399 e. The second-order valence-corrected chi connectivity index (χ2v) is 10.6. The summed E-state index contributed by atoms with van der Waals surface area (Å²) >= 11 is 0. The van der Waals surface area contributed by atoms with Gasteiger partial charge in [-0.2, -0.15) is 0 Å². The number of likely N-dealkylation sites (N-methyl/N-ethyl adjacent to an activating group) is 2. The third kappa shape index (κ3) is 7.22. The molecule has 42 heavy (non-hydrogen) atoms. The number of nitrogens with zero attached hydrogens (tertiary/aromatic N) is 4. The van der Waals surface area contributed by atoms with Crippen molar-refractivity contribution < 1.29 is 9.85 Å². The maximum Gasteiger partial charge on any atom is 0.299 e. The number of nitrogens with one attached hydrogen (secondary N) is 3. The molecule has 5 N–H and O–H groups in total. The number of aromatic nitrogens is 2. The van der Waals surface area contributed by atoms with Gasteiger partial charge in [-0.3, -0.25) is 20.2 Å². The van der Waals surface area contributed by atoms with Crippen LogP contribution < -0.4 is 11.1 Å². The zero-order valence-electron chi connectivity index (χ0n) is 24.2. The Bertz CT molecular complexity index is 1670. The number of H-pyrrole nitrogens is 2. The highest BCUT2D eigenvalue weighted by molar-refractivity contribution is 5.89. The van der Waals surface area contributed by atoms with Gasteiger partial charge in [-0.25, -0.2) is 0 Å². The first-order chi connectivity index (χ1) is 20.0. The predicted octanol–water partition coefficient (Wildman–Crippen LogP) is 5.69. The Balaban J connectivity index is 0.000000227. The van der Waals surface area contributed by atoms with E-state index in [1.54, 1.807) is 6.07 Å². The molecule has 0 atom stereocenters. The van der Waals surface area contributed by atoms with Gasteiger partial charge in [0.1, 0.15) is 0 Å². The van der Waals surface area contributed by atoms with E-state index in [2.05, 4.69) is 45.4 Å². The van der Waals surface area contributed by atoms with Gasteiger partial charge in [-0.1, -0.05) is 0 Å². The summed E-state index contributed by atoms with van der Waals surface area (Å²) in [4.78, 5) is 32.1. The highest BCUT2D eigenvalue weighted by Gasteiger charge is 2.25. The van der Waals surface area contributed by atoms with Gasteiger partial charge in [-0.05, 0) is 94.6 Å². The van der Waals surface area contributed by atoms with Crippen molar-refractivity contribution in [1.82, 2.24) is 19.8 Å². The average molecular weight is 573 g/mol. The van der Waals surface area contributed by atoms with Crippen LogP contribution in [0.3, 0.4) is 0 Å². The van der Waals surface area contributed by atoms with Crippen molar-refractivity contribution in [2.75, 3.05) is 52.3 Å². The van der Waals surface area contributed by atoms with Gasteiger partial charge in [0, 0.05) is 70.8 Å². The molecule has 5 aromatic rings. The summed E-state index contributed by atoms with van der Waals surface area (Å²) < 4.78 is 0. The van der Waals surface area contributed by atoms with E-state index in [4.69, 9.17) is 5.73 Å². The van der Waals surface area contributed by atoms with Gasteiger partial charge in [0.2, 0.25) is 0 Å². The molecule has 0 saturated heterocycles. The number of hydrogen-bond acceptors (Lipinski definition) is 8. The van der Waals surface area contributed by atoms with E-state index >= 15 is 0 Å². The lowest BCUT2D eigenvalue weighted by atomic mass is 10.1. The second-order valence-electron chi connectivity index (χ2n) is 10.6. The number of nitrogens with two attached hydrogens (primary N) is 1.